The van der Waals surface area contributed by atoms with E-state index in [4.69, 9.17) is 0 Å². The molecular weight excluding hydrogens is 377 g/mol. The molecule has 0 aromatic heterocycles. The van der Waals surface area contributed by atoms with Gasteiger partial charge in [0.15, 0.2) is 0 Å². The van der Waals surface area contributed by atoms with E-state index in [1.807, 2.05) is 24.3 Å². The number of amides is 2. The van der Waals surface area contributed by atoms with E-state index in [1.54, 1.807) is 0 Å². The predicted octanol–water partition coefficient (Wildman–Crippen LogP) is 2.85. The smallest absolute Gasteiger partial charge is 0.238 e. The number of hydrogen-bond acceptors (Lipinski definition) is 2. The van der Waals surface area contributed by atoms with Crippen molar-refractivity contribution >= 4 is 40.1 Å². The Labute approximate surface area is 136 Å². The number of benzene rings is 1. The molecule has 3 fully saturated rings. The monoisotopic (exact) mass is 391 g/mol. The van der Waals surface area contributed by atoms with Gasteiger partial charge in [0.25, 0.3) is 0 Å². The van der Waals surface area contributed by atoms with Gasteiger partial charge in [-0.25, -0.2) is 0 Å². The van der Waals surface area contributed by atoms with Crippen molar-refractivity contribution in [1.29, 1.82) is 0 Å². The Morgan fingerprint density at radius 2 is 1.43 bits per heavy atom. The van der Waals surface area contributed by atoms with Crippen LogP contribution in [0.25, 0.3) is 0 Å². The molecule has 0 radical (unpaired) electrons. The van der Waals surface area contributed by atoms with Gasteiger partial charge in [-0.2, -0.15) is 0 Å². The lowest BCUT2D eigenvalue weighted by atomic mass is 9.63. The van der Waals surface area contributed by atoms with E-state index in [2.05, 4.69) is 34.7 Å². The Morgan fingerprint density at radius 1 is 0.905 bits per heavy atom. The van der Waals surface area contributed by atoms with E-state index in [1.165, 1.54) is 11.3 Å². The van der Waals surface area contributed by atoms with Crippen LogP contribution in [0.2, 0.25) is 0 Å². The first-order chi connectivity index (χ1) is 10.2. The van der Waals surface area contributed by atoms with Crippen LogP contribution in [0.1, 0.15) is 6.42 Å². The molecule has 1 aromatic rings. The molecule has 0 unspecified atom stereocenters. The van der Waals surface area contributed by atoms with Crippen molar-refractivity contribution in [3.05, 3.63) is 40.0 Å². The van der Waals surface area contributed by atoms with Crippen molar-refractivity contribution in [2.75, 3.05) is 4.90 Å². The normalized spacial score (nSPS) is 42.2. The Bertz CT molecular complexity index is 659. The molecule has 6 rings (SSSR count). The third-order valence-corrected chi connectivity index (χ3v) is 6.47. The van der Waals surface area contributed by atoms with Crippen LogP contribution in [-0.4, -0.2) is 11.8 Å². The molecule has 2 amide bonds. The minimum absolute atomic E-state index is 0.0240. The first-order valence-corrected chi connectivity index (χ1v) is 8.56. The summed E-state index contributed by atoms with van der Waals surface area (Å²) in [6, 6.07) is 7.65. The first kappa shape index (κ1) is 12.4. The number of nitrogens with zero attached hydrogens (tertiary/aromatic N) is 1. The lowest BCUT2D eigenvalue weighted by Crippen LogP contribution is -2.40. The zero-order valence-electron chi connectivity index (χ0n) is 11.3. The summed E-state index contributed by atoms with van der Waals surface area (Å²) in [5.41, 5.74) is 0.730. The summed E-state index contributed by atoms with van der Waals surface area (Å²) in [5, 5.41) is 0. The highest BCUT2D eigenvalue weighted by Gasteiger charge is 2.67. The summed E-state index contributed by atoms with van der Waals surface area (Å²) in [7, 11) is 0. The summed E-state index contributed by atoms with van der Waals surface area (Å²) in [6.07, 6.45) is 5.63. The highest BCUT2D eigenvalue weighted by Crippen LogP contribution is 2.65. The molecule has 4 heteroatoms. The summed E-state index contributed by atoms with van der Waals surface area (Å²) < 4.78 is 1.11. The number of imide groups is 1. The van der Waals surface area contributed by atoms with E-state index in [-0.39, 0.29) is 23.7 Å². The fourth-order valence-corrected chi connectivity index (χ4v) is 5.16. The number of hydrogen-bond donors (Lipinski definition) is 0. The van der Waals surface area contributed by atoms with Crippen molar-refractivity contribution < 1.29 is 9.59 Å². The van der Waals surface area contributed by atoms with Crippen LogP contribution in [0.4, 0.5) is 5.69 Å². The van der Waals surface area contributed by atoms with Gasteiger partial charge in [0.2, 0.25) is 11.8 Å². The lowest BCUT2D eigenvalue weighted by molar-refractivity contribution is -0.124. The highest BCUT2D eigenvalue weighted by atomic mass is 127. The average Bonchev–Trinajstić information content (AvgIpc) is 3.26. The second-order valence-electron chi connectivity index (χ2n) is 6.64. The molecule has 4 aliphatic carbocycles. The maximum absolute atomic E-state index is 12.9. The molecular formula is C17H14INO2. The van der Waals surface area contributed by atoms with Crippen molar-refractivity contribution in [3.63, 3.8) is 0 Å². The molecule has 6 atom stereocenters. The van der Waals surface area contributed by atoms with Gasteiger partial charge in [0.05, 0.1) is 17.5 Å². The van der Waals surface area contributed by atoms with Gasteiger partial charge in [-0.15, -0.1) is 0 Å². The second-order valence-corrected chi connectivity index (χ2v) is 7.89. The highest BCUT2D eigenvalue weighted by molar-refractivity contribution is 14.1. The molecule has 1 heterocycles. The van der Waals surface area contributed by atoms with Crippen LogP contribution in [0.3, 0.4) is 0 Å². The number of halogens is 1. The molecule has 5 aliphatic rings. The summed E-state index contributed by atoms with van der Waals surface area (Å²) in [6.45, 7) is 0. The van der Waals surface area contributed by atoms with E-state index < -0.39 is 0 Å². The van der Waals surface area contributed by atoms with Crippen molar-refractivity contribution in [1.82, 2.24) is 0 Å². The molecule has 1 aromatic carbocycles. The van der Waals surface area contributed by atoms with Gasteiger partial charge in [-0.1, -0.05) is 12.2 Å². The van der Waals surface area contributed by atoms with E-state index in [0.717, 1.165) is 9.26 Å². The first-order valence-electron chi connectivity index (χ1n) is 7.48. The largest absolute Gasteiger partial charge is 0.274 e. The van der Waals surface area contributed by atoms with E-state index >= 15 is 0 Å². The minimum Gasteiger partial charge on any atom is -0.274 e. The summed E-state index contributed by atoms with van der Waals surface area (Å²) in [4.78, 5) is 27.2. The van der Waals surface area contributed by atoms with Crippen LogP contribution in [0, 0.1) is 39.1 Å². The molecule has 0 N–H and O–H groups in total. The molecule has 2 saturated carbocycles. The Kier molecular flexibility index (Phi) is 2.34. The van der Waals surface area contributed by atoms with Crippen molar-refractivity contribution in [3.8, 4) is 0 Å². The van der Waals surface area contributed by atoms with Crippen LogP contribution in [0.15, 0.2) is 36.4 Å². The quantitative estimate of drug-likeness (QED) is 0.420. The molecule has 3 nitrogen and oxygen atoms in total. The van der Waals surface area contributed by atoms with Crippen molar-refractivity contribution in [2.24, 2.45) is 35.5 Å². The lowest BCUT2D eigenvalue weighted by Gasteiger charge is -2.37. The Morgan fingerprint density at radius 3 is 1.95 bits per heavy atom. The Balaban J connectivity index is 1.58. The fourth-order valence-electron chi connectivity index (χ4n) is 4.80. The summed E-state index contributed by atoms with van der Waals surface area (Å²) >= 11 is 2.23. The van der Waals surface area contributed by atoms with Gasteiger partial charge in [0.1, 0.15) is 0 Å². The Hall–Kier alpha value is -1.17. The van der Waals surface area contributed by atoms with E-state index in [0.29, 0.717) is 23.7 Å². The van der Waals surface area contributed by atoms with Crippen LogP contribution in [0.5, 0.6) is 0 Å². The van der Waals surface area contributed by atoms with Crippen LogP contribution in [-0.2, 0) is 9.59 Å². The van der Waals surface area contributed by atoms with Gasteiger partial charge >= 0.3 is 0 Å². The maximum atomic E-state index is 12.9. The molecule has 2 bridgehead atoms. The van der Waals surface area contributed by atoms with Gasteiger partial charge in [-0.3, -0.25) is 14.5 Å². The predicted molar refractivity (Wildman–Crippen MR) is 86.3 cm³/mol. The average molecular weight is 391 g/mol. The topological polar surface area (TPSA) is 37.4 Å². The number of allylic oxidation sites excluding steroid dienone is 2. The molecule has 21 heavy (non-hydrogen) atoms. The molecule has 1 saturated heterocycles. The standard InChI is InChI=1S/C17H14INO2/c18-8-1-3-9(4-2-8)19-16(20)14-10-5-6-11(13-7-12(10)13)15(14)17(19)21/h1-6,10-15H,7H2/t10-,11-,12-,13+,14-,15-/m1/s1. The zero-order chi connectivity index (χ0) is 14.3. The number of anilines is 1. The third-order valence-electron chi connectivity index (χ3n) is 5.75. The van der Waals surface area contributed by atoms with Gasteiger partial charge in [0, 0.05) is 3.57 Å². The SMILES string of the molecule is O=C1[C@@H]2[C@@H]3C=C[C@H]([C@@H]4C[C@H]34)[C@H]2C(=O)N1c1ccc(I)cc1. The number of rotatable bonds is 1. The number of carbonyl (C=O) groups excluding carboxylic acids is 2. The van der Waals surface area contributed by atoms with E-state index in [9.17, 15) is 9.59 Å². The van der Waals surface area contributed by atoms with Gasteiger partial charge < -0.3 is 0 Å². The summed E-state index contributed by atoms with van der Waals surface area (Å²) in [5.74, 6) is 1.77. The van der Waals surface area contributed by atoms with Crippen LogP contribution >= 0.6 is 22.6 Å². The zero-order valence-corrected chi connectivity index (χ0v) is 13.4. The molecule has 1 aliphatic heterocycles. The second kappa shape index (κ2) is 3.97. The van der Waals surface area contributed by atoms with Crippen LogP contribution < -0.4 is 4.90 Å². The van der Waals surface area contributed by atoms with Crippen molar-refractivity contribution in [2.45, 2.75) is 6.42 Å². The molecule has 0 spiro atoms. The fraction of sp³-hybridized carbons (Fsp3) is 0.412. The number of carbonyl (C=O) groups is 2. The third kappa shape index (κ3) is 1.49. The van der Waals surface area contributed by atoms with Gasteiger partial charge in [-0.05, 0) is 76.9 Å². The molecule has 106 valence electrons. The minimum atomic E-state index is -0.101. The maximum Gasteiger partial charge on any atom is 0.238 e.